The number of hydrogen-bond acceptors (Lipinski definition) is 1. The zero-order valence-corrected chi connectivity index (χ0v) is 12.8. The van der Waals surface area contributed by atoms with Gasteiger partial charge in [0.2, 0.25) is 0 Å². The molecule has 0 aliphatic carbocycles. The third kappa shape index (κ3) is 2.12. The number of aryl methyl sites for hydroxylation is 1. The zero-order chi connectivity index (χ0) is 14.9. The van der Waals surface area contributed by atoms with Crippen LogP contribution >= 0.6 is 0 Å². The normalized spacial score (nSPS) is 17.3. The predicted octanol–water partition coefficient (Wildman–Crippen LogP) is 4.18. The van der Waals surface area contributed by atoms with Crippen molar-refractivity contribution in [1.29, 1.82) is 0 Å². The van der Waals surface area contributed by atoms with E-state index in [0.29, 0.717) is 0 Å². The molecule has 0 bridgehead atoms. The molecule has 3 aromatic rings. The number of para-hydroxylation sites is 1. The standard InChI is InChI=1S/C20H20N2/c1-21-14-7-12-19(21)20-18-11-6-5-8-16(18)13-15-22(20)17-9-3-2-4-10-17/h2-12,14,20H,13,15H2,1H3. The van der Waals surface area contributed by atoms with Crippen molar-refractivity contribution in [2.75, 3.05) is 11.4 Å². The Labute approximate surface area is 131 Å². The number of hydrogen-bond donors (Lipinski definition) is 0. The van der Waals surface area contributed by atoms with E-state index in [-0.39, 0.29) is 6.04 Å². The van der Waals surface area contributed by atoms with Crippen LogP contribution in [0.5, 0.6) is 0 Å². The number of benzene rings is 2. The summed E-state index contributed by atoms with van der Waals surface area (Å²) in [6.45, 7) is 1.05. The quantitative estimate of drug-likeness (QED) is 0.687. The topological polar surface area (TPSA) is 8.17 Å². The van der Waals surface area contributed by atoms with E-state index in [1.165, 1.54) is 22.5 Å². The fourth-order valence-corrected chi connectivity index (χ4v) is 3.54. The average Bonchev–Trinajstić information content (AvgIpc) is 3.00. The molecule has 1 aliphatic heterocycles. The Balaban J connectivity index is 1.88. The van der Waals surface area contributed by atoms with Crippen LogP contribution in [0.25, 0.3) is 0 Å². The summed E-state index contributed by atoms with van der Waals surface area (Å²) in [6, 6.07) is 24.3. The van der Waals surface area contributed by atoms with E-state index in [0.717, 1.165) is 13.0 Å². The van der Waals surface area contributed by atoms with E-state index < -0.39 is 0 Å². The molecule has 110 valence electrons. The summed E-state index contributed by atoms with van der Waals surface area (Å²) in [7, 11) is 2.13. The van der Waals surface area contributed by atoms with Gasteiger partial charge in [0.05, 0.1) is 6.04 Å². The summed E-state index contributed by atoms with van der Waals surface area (Å²) in [5.41, 5.74) is 5.54. The number of aromatic nitrogens is 1. The van der Waals surface area contributed by atoms with E-state index in [2.05, 4.69) is 89.4 Å². The third-order valence-corrected chi connectivity index (χ3v) is 4.64. The van der Waals surface area contributed by atoms with Crippen molar-refractivity contribution in [3.8, 4) is 0 Å². The van der Waals surface area contributed by atoms with Crippen molar-refractivity contribution in [3.63, 3.8) is 0 Å². The smallest absolute Gasteiger partial charge is 0.0948 e. The van der Waals surface area contributed by atoms with Crippen molar-refractivity contribution < 1.29 is 0 Å². The maximum atomic E-state index is 2.53. The fraction of sp³-hybridized carbons (Fsp3) is 0.200. The summed E-state index contributed by atoms with van der Waals surface area (Å²) in [5.74, 6) is 0. The SMILES string of the molecule is Cn1cccc1C1c2ccccc2CCN1c1ccccc1. The Bertz CT molecular complexity index is 773. The van der Waals surface area contributed by atoms with Crippen LogP contribution in [0.4, 0.5) is 5.69 Å². The Morgan fingerprint density at radius 2 is 1.64 bits per heavy atom. The maximum absolute atomic E-state index is 2.53. The Morgan fingerprint density at radius 3 is 2.41 bits per heavy atom. The second kappa shape index (κ2) is 5.38. The number of anilines is 1. The highest BCUT2D eigenvalue weighted by Crippen LogP contribution is 2.37. The molecule has 2 heteroatoms. The summed E-state index contributed by atoms with van der Waals surface area (Å²) >= 11 is 0. The van der Waals surface area contributed by atoms with Crippen LogP contribution in [0.1, 0.15) is 22.9 Å². The highest BCUT2D eigenvalue weighted by molar-refractivity contribution is 5.55. The average molecular weight is 288 g/mol. The molecule has 0 fully saturated rings. The van der Waals surface area contributed by atoms with Gasteiger partial charge >= 0.3 is 0 Å². The molecule has 0 N–H and O–H groups in total. The van der Waals surface area contributed by atoms with Gasteiger partial charge in [-0.3, -0.25) is 0 Å². The molecular formula is C20H20N2. The molecule has 2 aromatic carbocycles. The molecule has 1 atom stereocenters. The molecule has 2 heterocycles. The minimum Gasteiger partial charge on any atom is -0.359 e. The first kappa shape index (κ1) is 13.2. The number of nitrogens with zero attached hydrogens (tertiary/aromatic N) is 2. The van der Waals surface area contributed by atoms with E-state index in [9.17, 15) is 0 Å². The zero-order valence-electron chi connectivity index (χ0n) is 12.8. The fourth-order valence-electron chi connectivity index (χ4n) is 3.54. The van der Waals surface area contributed by atoms with Crippen LogP contribution in [0.2, 0.25) is 0 Å². The van der Waals surface area contributed by atoms with Gasteiger partial charge in [-0.05, 0) is 41.8 Å². The summed E-state index contributed by atoms with van der Waals surface area (Å²) in [4.78, 5) is 2.53. The van der Waals surface area contributed by atoms with E-state index >= 15 is 0 Å². The van der Waals surface area contributed by atoms with E-state index in [4.69, 9.17) is 0 Å². The van der Waals surface area contributed by atoms with Gasteiger partial charge < -0.3 is 9.47 Å². The first-order chi connectivity index (χ1) is 10.8. The van der Waals surface area contributed by atoms with Gasteiger partial charge in [0, 0.05) is 31.2 Å². The molecule has 0 radical (unpaired) electrons. The minimum absolute atomic E-state index is 0.285. The second-order valence-corrected chi connectivity index (χ2v) is 5.92. The summed E-state index contributed by atoms with van der Waals surface area (Å²) < 4.78 is 2.24. The Kier molecular flexibility index (Phi) is 3.23. The van der Waals surface area contributed by atoms with Gasteiger partial charge in [-0.15, -0.1) is 0 Å². The van der Waals surface area contributed by atoms with Crippen LogP contribution < -0.4 is 4.90 Å². The van der Waals surface area contributed by atoms with Crippen LogP contribution in [0.15, 0.2) is 72.9 Å². The summed E-state index contributed by atoms with van der Waals surface area (Å²) in [6.07, 6.45) is 3.24. The van der Waals surface area contributed by atoms with Crippen molar-refractivity contribution in [2.24, 2.45) is 7.05 Å². The molecule has 0 saturated heterocycles. The lowest BCUT2D eigenvalue weighted by Gasteiger charge is -2.39. The largest absolute Gasteiger partial charge is 0.359 e. The Hall–Kier alpha value is -2.48. The molecule has 22 heavy (non-hydrogen) atoms. The summed E-state index contributed by atoms with van der Waals surface area (Å²) in [5, 5.41) is 0. The number of fused-ring (bicyclic) bond motifs is 1. The van der Waals surface area contributed by atoms with Crippen LogP contribution in [-0.2, 0) is 13.5 Å². The van der Waals surface area contributed by atoms with Crippen molar-refractivity contribution in [2.45, 2.75) is 12.5 Å². The molecule has 0 amide bonds. The van der Waals surface area contributed by atoms with Gasteiger partial charge in [-0.1, -0.05) is 42.5 Å². The molecule has 1 aliphatic rings. The molecule has 0 spiro atoms. The molecule has 2 nitrogen and oxygen atoms in total. The van der Waals surface area contributed by atoms with Gasteiger partial charge in [-0.25, -0.2) is 0 Å². The predicted molar refractivity (Wildman–Crippen MR) is 91.2 cm³/mol. The van der Waals surface area contributed by atoms with Crippen LogP contribution in [0.3, 0.4) is 0 Å². The first-order valence-corrected chi connectivity index (χ1v) is 7.85. The van der Waals surface area contributed by atoms with E-state index in [1.807, 2.05) is 0 Å². The van der Waals surface area contributed by atoms with E-state index in [1.54, 1.807) is 0 Å². The maximum Gasteiger partial charge on any atom is 0.0948 e. The first-order valence-electron chi connectivity index (χ1n) is 7.85. The molecule has 0 saturated carbocycles. The minimum atomic E-state index is 0.285. The number of rotatable bonds is 2. The lowest BCUT2D eigenvalue weighted by Crippen LogP contribution is -2.37. The molecule has 1 aromatic heterocycles. The van der Waals surface area contributed by atoms with Crippen molar-refractivity contribution in [1.82, 2.24) is 4.57 Å². The second-order valence-electron chi connectivity index (χ2n) is 5.92. The third-order valence-electron chi connectivity index (χ3n) is 4.64. The lowest BCUT2D eigenvalue weighted by atomic mass is 9.90. The Morgan fingerprint density at radius 1 is 0.864 bits per heavy atom. The van der Waals surface area contributed by atoms with Gasteiger partial charge in [-0.2, -0.15) is 0 Å². The lowest BCUT2D eigenvalue weighted by molar-refractivity contribution is 0.617. The van der Waals surface area contributed by atoms with Crippen molar-refractivity contribution >= 4 is 5.69 Å². The van der Waals surface area contributed by atoms with Crippen LogP contribution in [0, 0.1) is 0 Å². The van der Waals surface area contributed by atoms with Crippen molar-refractivity contribution in [3.05, 3.63) is 89.7 Å². The highest BCUT2D eigenvalue weighted by Gasteiger charge is 2.29. The molecule has 4 rings (SSSR count). The van der Waals surface area contributed by atoms with Gasteiger partial charge in [0.15, 0.2) is 0 Å². The van der Waals surface area contributed by atoms with Gasteiger partial charge in [0.1, 0.15) is 0 Å². The monoisotopic (exact) mass is 288 g/mol. The molecule has 1 unspecified atom stereocenters. The van der Waals surface area contributed by atoms with Gasteiger partial charge in [0.25, 0.3) is 0 Å². The van der Waals surface area contributed by atoms with Crippen LogP contribution in [-0.4, -0.2) is 11.1 Å². The highest BCUT2D eigenvalue weighted by atomic mass is 15.2. The molecular weight excluding hydrogens is 268 g/mol.